The van der Waals surface area contributed by atoms with Gasteiger partial charge in [0, 0.05) is 25.9 Å². The Morgan fingerprint density at radius 3 is 2.67 bits per heavy atom. The molecule has 1 aliphatic rings. The van der Waals surface area contributed by atoms with Gasteiger partial charge in [0.1, 0.15) is 0 Å². The summed E-state index contributed by atoms with van der Waals surface area (Å²) in [7, 11) is 1.58. The molecule has 1 aromatic carbocycles. The lowest BCUT2D eigenvalue weighted by molar-refractivity contribution is -0.137. The molecule has 0 saturated carbocycles. The molecule has 1 fully saturated rings. The molecule has 0 amide bonds. The van der Waals surface area contributed by atoms with Gasteiger partial charge in [-0.1, -0.05) is 6.92 Å². The van der Waals surface area contributed by atoms with Crippen LogP contribution in [0.4, 0.5) is 18.9 Å². The van der Waals surface area contributed by atoms with Crippen molar-refractivity contribution in [3.63, 3.8) is 0 Å². The Labute approximate surface area is 121 Å². The number of halogens is 3. The maximum absolute atomic E-state index is 13.2. The molecule has 21 heavy (non-hydrogen) atoms. The first-order valence-electron chi connectivity index (χ1n) is 6.76. The Bertz CT molecular complexity index is 551. The molecule has 0 N–H and O–H groups in total. The van der Waals surface area contributed by atoms with Crippen LogP contribution in [-0.2, 0) is 10.9 Å². The van der Waals surface area contributed by atoms with E-state index in [1.54, 1.807) is 18.1 Å². The van der Waals surface area contributed by atoms with Gasteiger partial charge in [0.15, 0.2) is 0 Å². The summed E-state index contributed by atoms with van der Waals surface area (Å²) in [6.07, 6.45) is -3.79. The third-order valence-electron chi connectivity index (χ3n) is 3.96. The summed E-state index contributed by atoms with van der Waals surface area (Å²) in [5, 5.41) is 8.79. The molecule has 1 aliphatic heterocycles. The van der Waals surface area contributed by atoms with Gasteiger partial charge in [-0.25, -0.2) is 0 Å². The van der Waals surface area contributed by atoms with E-state index in [2.05, 4.69) is 0 Å². The molecule has 0 bridgehead atoms. The molecule has 3 nitrogen and oxygen atoms in total. The zero-order valence-electron chi connectivity index (χ0n) is 11.9. The average molecular weight is 298 g/mol. The number of ether oxygens (including phenoxy) is 1. The van der Waals surface area contributed by atoms with E-state index in [1.165, 1.54) is 12.1 Å². The summed E-state index contributed by atoms with van der Waals surface area (Å²) >= 11 is 0. The Morgan fingerprint density at radius 1 is 1.38 bits per heavy atom. The highest BCUT2D eigenvalue weighted by Crippen LogP contribution is 2.38. The van der Waals surface area contributed by atoms with E-state index < -0.39 is 11.7 Å². The van der Waals surface area contributed by atoms with E-state index in [9.17, 15) is 13.2 Å². The van der Waals surface area contributed by atoms with Gasteiger partial charge < -0.3 is 9.64 Å². The van der Waals surface area contributed by atoms with Gasteiger partial charge in [0.05, 0.1) is 23.3 Å². The minimum Gasteiger partial charge on any atom is -0.379 e. The second-order valence-electron chi connectivity index (χ2n) is 5.33. The number of piperidine rings is 1. The summed E-state index contributed by atoms with van der Waals surface area (Å²) in [5.74, 6) is 0.318. The van der Waals surface area contributed by atoms with Crippen molar-refractivity contribution in [3.05, 3.63) is 29.3 Å². The van der Waals surface area contributed by atoms with Crippen LogP contribution in [-0.4, -0.2) is 26.3 Å². The van der Waals surface area contributed by atoms with Crippen LogP contribution in [0.25, 0.3) is 0 Å². The molecule has 0 spiro atoms. The van der Waals surface area contributed by atoms with Gasteiger partial charge in [-0.05, 0) is 30.5 Å². The number of alkyl halides is 3. The lowest BCUT2D eigenvalue weighted by atomic mass is 9.94. The maximum Gasteiger partial charge on any atom is 0.418 e. The summed E-state index contributed by atoms with van der Waals surface area (Å²) in [6.45, 7) is 3.01. The first-order valence-corrected chi connectivity index (χ1v) is 6.76. The van der Waals surface area contributed by atoms with Gasteiger partial charge in [-0.3, -0.25) is 0 Å². The topological polar surface area (TPSA) is 36.3 Å². The number of benzene rings is 1. The average Bonchev–Trinajstić information content (AvgIpc) is 2.46. The van der Waals surface area contributed by atoms with Crippen molar-refractivity contribution in [1.29, 1.82) is 5.26 Å². The molecule has 114 valence electrons. The van der Waals surface area contributed by atoms with E-state index in [4.69, 9.17) is 10.00 Å². The number of nitrogens with zero attached hydrogens (tertiary/aromatic N) is 2. The van der Waals surface area contributed by atoms with Crippen LogP contribution in [0.15, 0.2) is 18.2 Å². The second kappa shape index (κ2) is 5.94. The Balaban J connectivity index is 2.38. The third-order valence-corrected chi connectivity index (χ3v) is 3.96. The van der Waals surface area contributed by atoms with Crippen LogP contribution in [0.1, 0.15) is 24.5 Å². The first kappa shape index (κ1) is 15.6. The molecular weight excluding hydrogens is 281 g/mol. The van der Waals surface area contributed by atoms with E-state index in [1.807, 2.05) is 6.92 Å². The van der Waals surface area contributed by atoms with Gasteiger partial charge in [0.25, 0.3) is 0 Å². The van der Waals surface area contributed by atoms with Crippen LogP contribution in [0.2, 0.25) is 0 Å². The number of hydrogen-bond donors (Lipinski definition) is 0. The highest BCUT2D eigenvalue weighted by molar-refractivity contribution is 5.58. The van der Waals surface area contributed by atoms with E-state index in [-0.39, 0.29) is 17.4 Å². The van der Waals surface area contributed by atoms with Crippen LogP contribution < -0.4 is 4.90 Å². The standard InChI is InChI=1S/C15H17F3N2O/c1-10-5-6-20(9-14(10)21-2)13-4-3-11(8-19)7-12(13)15(16,17)18/h3-4,7,10,14H,5-6,9H2,1-2H3. The summed E-state index contributed by atoms with van der Waals surface area (Å²) < 4.78 is 45.0. The summed E-state index contributed by atoms with van der Waals surface area (Å²) in [5.41, 5.74) is -0.624. The Hall–Kier alpha value is -1.74. The van der Waals surface area contributed by atoms with Crippen molar-refractivity contribution in [2.75, 3.05) is 25.1 Å². The van der Waals surface area contributed by atoms with Crippen LogP contribution in [0.5, 0.6) is 0 Å². The van der Waals surface area contributed by atoms with Crippen molar-refractivity contribution in [1.82, 2.24) is 0 Å². The second-order valence-corrected chi connectivity index (χ2v) is 5.33. The van der Waals surface area contributed by atoms with Gasteiger partial charge >= 0.3 is 6.18 Å². The zero-order valence-corrected chi connectivity index (χ0v) is 11.9. The lowest BCUT2D eigenvalue weighted by Crippen LogP contribution is -2.44. The molecule has 6 heteroatoms. The monoisotopic (exact) mass is 298 g/mol. The van der Waals surface area contributed by atoms with Crippen molar-refractivity contribution in [3.8, 4) is 6.07 Å². The Morgan fingerprint density at radius 2 is 2.10 bits per heavy atom. The van der Waals surface area contributed by atoms with Crippen LogP contribution in [0.3, 0.4) is 0 Å². The van der Waals surface area contributed by atoms with Gasteiger partial charge in [0.2, 0.25) is 0 Å². The number of anilines is 1. The molecule has 2 atom stereocenters. The molecule has 0 aromatic heterocycles. The highest BCUT2D eigenvalue weighted by Gasteiger charge is 2.37. The number of nitriles is 1. The molecule has 2 unspecified atom stereocenters. The van der Waals surface area contributed by atoms with E-state index in [0.29, 0.717) is 19.0 Å². The van der Waals surface area contributed by atoms with Crippen molar-refractivity contribution < 1.29 is 17.9 Å². The molecule has 2 rings (SSSR count). The van der Waals surface area contributed by atoms with E-state index >= 15 is 0 Å². The third kappa shape index (κ3) is 3.30. The van der Waals surface area contributed by atoms with Crippen LogP contribution in [0, 0.1) is 17.2 Å². The fourth-order valence-electron chi connectivity index (χ4n) is 2.67. The van der Waals surface area contributed by atoms with Crippen molar-refractivity contribution in [2.45, 2.75) is 25.6 Å². The van der Waals surface area contributed by atoms with Crippen molar-refractivity contribution >= 4 is 5.69 Å². The van der Waals surface area contributed by atoms with Crippen molar-refractivity contribution in [2.24, 2.45) is 5.92 Å². The quantitative estimate of drug-likeness (QED) is 0.839. The number of methoxy groups -OCH3 is 1. The molecular formula is C15H17F3N2O. The largest absolute Gasteiger partial charge is 0.418 e. The van der Waals surface area contributed by atoms with Gasteiger partial charge in [-0.15, -0.1) is 0 Å². The summed E-state index contributed by atoms with van der Waals surface area (Å²) in [4.78, 5) is 1.69. The molecule has 0 aliphatic carbocycles. The number of rotatable bonds is 2. The first-order chi connectivity index (χ1) is 9.86. The predicted molar refractivity (Wildman–Crippen MR) is 73.0 cm³/mol. The minimum atomic E-state index is -4.48. The minimum absolute atomic E-state index is 0.0137. The molecule has 0 radical (unpaired) electrons. The lowest BCUT2D eigenvalue weighted by Gasteiger charge is -2.38. The normalized spacial score (nSPS) is 23.0. The SMILES string of the molecule is COC1CN(c2ccc(C#N)cc2C(F)(F)F)CCC1C. The molecule has 1 saturated heterocycles. The summed E-state index contributed by atoms with van der Waals surface area (Å²) in [6, 6.07) is 5.47. The maximum atomic E-state index is 13.2. The predicted octanol–water partition coefficient (Wildman–Crippen LogP) is 3.44. The molecule has 1 aromatic rings. The molecule has 1 heterocycles. The van der Waals surface area contributed by atoms with E-state index in [0.717, 1.165) is 12.5 Å². The zero-order chi connectivity index (χ0) is 15.6. The highest BCUT2D eigenvalue weighted by atomic mass is 19.4. The van der Waals surface area contributed by atoms with Crippen LogP contribution >= 0.6 is 0 Å². The fraction of sp³-hybridized carbons (Fsp3) is 0.533. The fourth-order valence-corrected chi connectivity index (χ4v) is 2.67. The smallest absolute Gasteiger partial charge is 0.379 e. The van der Waals surface area contributed by atoms with Gasteiger partial charge in [-0.2, -0.15) is 18.4 Å². The number of hydrogen-bond acceptors (Lipinski definition) is 3. The Kier molecular flexibility index (Phi) is 4.43.